The molecule has 0 saturated heterocycles. The quantitative estimate of drug-likeness (QED) is 0.786. The summed E-state index contributed by atoms with van der Waals surface area (Å²) in [5.74, 6) is 1.11. The van der Waals surface area contributed by atoms with E-state index in [0.717, 1.165) is 5.39 Å². The molecule has 0 atom stereocenters. The summed E-state index contributed by atoms with van der Waals surface area (Å²) < 4.78 is 16.4. The van der Waals surface area contributed by atoms with Gasteiger partial charge in [-0.3, -0.25) is 4.79 Å². The van der Waals surface area contributed by atoms with Gasteiger partial charge in [0.25, 0.3) is 5.91 Å². The zero-order valence-electron chi connectivity index (χ0n) is 11.7. The first-order valence-corrected chi connectivity index (χ1v) is 6.98. The van der Waals surface area contributed by atoms with Gasteiger partial charge in [0.15, 0.2) is 11.5 Å². The smallest absolute Gasteiger partial charge is 0.259 e. The summed E-state index contributed by atoms with van der Waals surface area (Å²) in [5.41, 5.74) is 1.85. The SMILES string of the molecule is O=C(Nc1ccc2c(c1)OCCO2)c1coc2ccccc12. The van der Waals surface area contributed by atoms with Crippen molar-refractivity contribution in [1.29, 1.82) is 0 Å². The van der Waals surface area contributed by atoms with E-state index in [-0.39, 0.29) is 5.91 Å². The average Bonchev–Trinajstić information content (AvgIpc) is 2.99. The third-order valence-corrected chi connectivity index (χ3v) is 3.53. The Labute approximate surface area is 126 Å². The Balaban J connectivity index is 1.62. The Morgan fingerprint density at radius 2 is 1.82 bits per heavy atom. The highest BCUT2D eigenvalue weighted by Gasteiger charge is 2.16. The number of carbonyl (C=O) groups excluding carboxylic acids is 1. The van der Waals surface area contributed by atoms with Crippen LogP contribution in [0.1, 0.15) is 10.4 Å². The summed E-state index contributed by atoms with van der Waals surface area (Å²) >= 11 is 0. The standard InChI is InChI=1S/C17H13NO4/c19-17(13-10-22-14-4-2-1-3-12(13)14)18-11-5-6-15-16(9-11)21-8-7-20-15/h1-6,9-10H,7-8H2,(H,18,19). The van der Waals surface area contributed by atoms with E-state index in [0.29, 0.717) is 41.5 Å². The molecule has 5 nitrogen and oxygen atoms in total. The predicted octanol–water partition coefficient (Wildman–Crippen LogP) is 3.46. The van der Waals surface area contributed by atoms with Gasteiger partial charge < -0.3 is 19.2 Å². The van der Waals surface area contributed by atoms with E-state index in [1.807, 2.05) is 24.3 Å². The summed E-state index contributed by atoms with van der Waals surface area (Å²) in [6, 6.07) is 12.8. The molecule has 5 heteroatoms. The van der Waals surface area contributed by atoms with Crippen LogP contribution < -0.4 is 14.8 Å². The summed E-state index contributed by atoms with van der Waals surface area (Å²) in [7, 11) is 0. The van der Waals surface area contributed by atoms with Gasteiger partial charge in [-0.25, -0.2) is 0 Å². The zero-order valence-corrected chi connectivity index (χ0v) is 11.7. The Hall–Kier alpha value is -2.95. The molecule has 1 aliphatic rings. The number of nitrogens with one attached hydrogen (secondary N) is 1. The molecule has 1 aliphatic heterocycles. The second kappa shape index (κ2) is 5.11. The first kappa shape index (κ1) is 12.8. The van der Waals surface area contributed by atoms with Gasteiger partial charge in [-0.2, -0.15) is 0 Å². The first-order valence-electron chi connectivity index (χ1n) is 6.98. The number of hydrogen-bond donors (Lipinski definition) is 1. The van der Waals surface area contributed by atoms with Crippen LogP contribution in [0.15, 0.2) is 53.1 Å². The van der Waals surface area contributed by atoms with Crippen LogP contribution in [0.2, 0.25) is 0 Å². The van der Waals surface area contributed by atoms with Crippen molar-refractivity contribution in [3.63, 3.8) is 0 Å². The number of rotatable bonds is 2. The molecule has 0 spiro atoms. The van der Waals surface area contributed by atoms with E-state index in [9.17, 15) is 4.79 Å². The zero-order chi connectivity index (χ0) is 14.9. The monoisotopic (exact) mass is 295 g/mol. The van der Waals surface area contributed by atoms with Crippen LogP contribution in [0, 0.1) is 0 Å². The van der Waals surface area contributed by atoms with Crippen molar-refractivity contribution in [2.45, 2.75) is 0 Å². The van der Waals surface area contributed by atoms with Gasteiger partial charge in [-0.1, -0.05) is 18.2 Å². The molecular weight excluding hydrogens is 282 g/mol. The van der Waals surface area contributed by atoms with Crippen LogP contribution in [0.5, 0.6) is 11.5 Å². The van der Waals surface area contributed by atoms with Crippen LogP contribution in [0.4, 0.5) is 5.69 Å². The molecular formula is C17H13NO4. The van der Waals surface area contributed by atoms with Gasteiger partial charge in [-0.05, 0) is 18.2 Å². The van der Waals surface area contributed by atoms with Crippen molar-refractivity contribution in [2.75, 3.05) is 18.5 Å². The lowest BCUT2D eigenvalue weighted by molar-refractivity contribution is 0.102. The largest absolute Gasteiger partial charge is 0.486 e. The normalized spacial score (nSPS) is 13.1. The number of anilines is 1. The number of amides is 1. The maximum Gasteiger partial charge on any atom is 0.259 e. The molecule has 0 fully saturated rings. The van der Waals surface area contributed by atoms with E-state index < -0.39 is 0 Å². The van der Waals surface area contributed by atoms with Crippen molar-refractivity contribution in [1.82, 2.24) is 0 Å². The predicted molar refractivity (Wildman–Crippen MR) is 81.6 cm³/mol. The lowest BCUT2D eigenvalue weighted by atomic mass is 10.1. The molecule has 2 heterocycles. The fraction of sp³-hybridized carbons (Fsp3) is 0.118. The Bertz CT molecular complexity index is 853. The highest BCUT2D eigenvalue weighted by molar-refractivity contribution is 6.12. The molecule has 0 radical (unpaired) electrons. The highest BCUT2D eigenvalue weighted by Crippen LogP contribution is 2.33. The van der Waals surface area contributed by atoms with Gasteiger partial charge in [0, 0.05) is 17.1 Å². The van der Waals surface area contributed by atoms with Crippen LogP contribution in [0.3, 0.4) is 0 Å². The number of para-hydroxylation sites is 1. The Morgan fingerprint density at radius 1 is 1.00 bits per heavy atom. The second-order valence-electron chi connectivity index (χ2n) is 4.96. The minimum Gasteiger partial charge on any atom is -0.486 e. The first-order chi connectivity index (χ1) is 10.8. The van der Waals surface area contributed by atoms with Crippen LogP contribution in [-0.2, 0) is 0 Å². The molecule has 1 aromatic heterocycles. The van der Waals surface area contributed by atoms with E-state index in [1.165, 1.54) is 6.26 Å². The van der Waals surface area contributed by atoms with E-state index in [1.54, 1.807) is 18.2 Å². The Kier molecular flexibility index (Phi) is 2.96. The topological polar surface area (TPSA) is 60.7 Å². The average molecular weight is 295 g/mol. The van der Waals surface area contributed by atoms with E-state index in [2.05, 4.69) is 5.32 Å². The summed E-state index contributed by atoms with van der Waals surface area (Å²) in [6.45, 7) is 1.05. The van der Waals surface area contributed by atoms with Gasteiger partial charge in [0.2, 0.25) is 0 Å². The molecule has 22 heavy (non-hydrogen) atoms. The molecule has 4 rings (SSSR count). The number of benzene rings is 2. The molecule has 2 aromatic carbocycles. The minimum absolute atomic E-state index is 0.221. The Morgan fingerprint density at radius 3 is 2.73 bits per heavy atom. The molecule has 0 aliphatic carbocycles. The van der Waals surface area contributed by atoms with E-state index >= 15 is 0 Å². The van der Waals surface area contributed by atoms with Crippen molar-refractivity contribution < 1.29 is 18.7 Å². The lowest BCUT2D eigenvalue weighted by Crippen LogP contribution is -2.16. The summed E-state index contributed by atoms with van der Waals surface area (Å²) in [4.78, 5) is 12.4. The molecule has 0 unspecified atom stereocenters. The number of carbonyl (C=O) groups is 1. The van der Waals surface area contributed by atoms with Gasteiger partial charge in [-0.15, -0.1) is 0 Å². The van der Waals surface area contributed by atoms with E-state index in [4.69, 9.17) is 13.9 Å². The van der Waals surface area contributed by atoms with Crippen molar-refractivity contribution >= 4 is 22.6 Å². The van der Waals surface area contributed by atoms with Crippen LogP contribution in [-0.4, -0.2) is 19.1 Å². The molecule has 1 amide bonds. The number of furan rings is 1. The molecule has 1 N–H and O–H groups in total. The molecule has 110 valence electrons. The fourth-order valence-electron chi connectivity index (χ4n) is 2.47. The van der Waals surface area contributed by atoms with Crippen molar-refractivity contribution in [2.24, 2.45) is 0 Å². The summed E-state index contributed by atoms with van der Waals surface area (Å²) in [5, 5.41) is 3.64. The van der Waals surface area contributed by atoms with Crippen LogP contribution >= 0.6 is 0 Å². The van der Waals surface area contributed by atoms with Gasteiger partial charge >= 0.3 is 0 Å². The minimum atomic E-state index is -0.221. The number of fused-ring (bicyclic) bond motifs is 2. The number of hydrogen-bond acceptors (Lipinski definition) is 4. The summed E-state index contributed by atoms with van der Waals surface area (Å²) in [6.07, 6.45) is 1.47. The van der Waals surface area contributed by atoms with Crippen molar-refractivity contribution in [3.8, 4) is 11.5 Å². The molecule has 3 aromatic rings. The third kappa shape index (κ3) is 2.16. The second-order valence-corrected chi connectivity index (χ2v) is 4.96. The fourth-order valence-corrected chi connectivity index (χ4v) is 2.47. The van der Waals surface area contributed by atoms with Crippen LogP contribution in [0.25, 0.3) is 11.0 Å². The maximum absolute atomic E-state index is 12.4. The van der Waals surface area contributed by atoms with Gasteiger partial charge in [0.1, 0.15) is 25.1 Å². The lowest BCUT2D eigenvalue weighted by Gasteiger charge is -2.18. The van der Waals surface area contributed by atoms with Crippen molar-refractivity contribution in [3.05, 3.63) is 54.3 Å². The molecule has 0 bridgehead atoms. The third-order valence-electron chi connectivity index (χ3n) is 3.53. The maximum atomic E-state index is 12.4. The number of ether oxygens (including phenoxy) is 2. The highest BCUT2D eigenvalue weighted by atomic mass is 16.6. The van der Waals surface area contributed by atoms with Gasteiger partial charge in [0.05, 0.1) is 5.56 Å². The molecule has 0 saturated carbocycles.